The fourth-order valence-corrected chi connectivity index (χ4v) is 3.64. The molecule has 0 aliphatic heterocycles. The Morgan fingerprint density at radius 2 is 2.13 bits per heavy atom. The van der Waals surface area contributed by atoms with Crippen LogP contribution in [0.15, 0.2) is 11.6 Å². The third-order valence-electron chi connectivity index (χ3n) is 4.19. The minimum Gasteiger partial charge on any atom is -0.333 e. The highest BCUT2D eigenvalue weighted by Gasteiger charge is 2.21. The Labute approximate surface area is 142 Å². The van der Waals surface area contributed by atoms with E-state index < -0.39 is 0 Å². The highest BCUT2D eigenvalue weighted by Crippen LogP contribution is 2.28. The molecular formula is C17H27N3O2S. The molecule has 0 saturated heterocycles. The molecule has 128 valence electrons. The van der Waals surface area contributed by atoms with Gasteiger partial charge < -0.3 is 10.2 Å². The maximum absolute atomic E-state index is 12.5. The van der Waals surface area contributed by atoms with Crippen LogP contribution in [0.2, 0.25) is 0 Å². The second-order valence-corrected chi connectivity index (χ2v) is 7.64. The topological polar surface area (TPSA) is 62.3 Å². The van der Waals surface area contributed by atoms with Crippen LogP contribution < -0.4 is 5.32 Å². The van der Waals surface area contributed by atoms with Gasteiger partial charge in [-0.2, -0.15) is 0 Å². The van der Waals surface area contributed by atoms with E-state index in [9.17, 15) is 9.59 Å². The van der Waals surface area contributed by atoms with Gasteiger partial charge in [-0.3, -0.25) is 9.59 Å². The summed E-state index contributed by atoms with van der Waals surface area (Å²) in [4.78, 5) is 30.4. The van der Waals surface area contributed by atoms with E-state index in [1.54, 1.807) is 11.1 Å². The van der Waals surface area contributed by atoms with Crippen LogP contribution in [0.4, 0.5) is 5.13 Å². The van der Waals surface area contributed by atoms with Crippen LogP contribution in [-0.4, -0.2) is 34.8 Å². The van der Waals surface area contributed by atoms with Gasteiger partial charge >= 0.3 is 0 Å². The van der Waals surface area contributed by atoms with E-state index in [-0.39, 0.29) is 18.4 Å². The molecule has 2 rings (SSSR count). The number of rotatable bonds is 8. The average molecular weight is 337 g/mol. The molecular weight excluding hydrogens is 310 g/mol. The number of nitrogens with zero attached hydrogens (tertiary/aromatic N) is 2. The number of hydrogen-bond acceptors (Lipinski definition) is 4. The maximum atomic E-state index is 12.5. The molecule has 0 atom stereocenters. The molecule has 0 aromatic carbocycles. The zero-order valence-electron chi connectivity index (χ0n) is 14.1. The third-order valence-corrected chi connectivity index (χ3v) is 4.88. The second kappa shape index (κ2) is 9.01. The SMILES string of the molecule is CC(C)CN(CC(=O)Nc1nccs1)C(=O)CCC1CCCC1. The summed E-state index contributed by atoms with van der Waals surface area (Å²) in [5, 5.41) is 5.15. The van der Waals surface area contributed by atoms with Crippen LogP contribution in [0.3, 0.4) is 0 Å². The second-order valence-electron chi connectivity index (χ2n) is 6.74. The Bertz CT molecular complexity index is 496. The molecule has 5 nitrogen and oxygen atoms in total. The fourth-order valence-electron chi connectivity index (χ4n) is 3.10. The lowest BCUT2D eigenvalue weighted by atomic mass is 10.0. The summed E-state index contributed by atoms with van der Waals surface area (Å²) in [6.07, 6.45) is 8.27. The normalized spacial score (nSPS) is 15.1. The highest BCUT2D eigenvalue weighted by molar-refractivity contribution is 7.13. The molecule has 6 heteroatoms. The van der Waals surface area contributed by atoms with Crippen molar-refractivity contribution in [3.63, 3.8) is 0 Å². The van der Waals surface area contributed by atoms with E-state index in [4.69, 9.17) is 0 Å². The van der Waals surface area contributed by atoms with Crippen LogP contribution >= 0.6 is 11.3 Å². The van der Waals surface area contributed by atoms with E-state index in [0.717, 1.165) is 6.42 Å². The molecule has 0 spiro atoms. The molecule has 1 saturated carbocycles. The number of anilines is 1. The predicted molar refractivity (Wildman–Crippen MR) is 93.4 cm³/mol. The van der Waals surface area contributed by atoms with Gasteiger partial charge in [0, 0.05) is 24.5 Å². The van der Waals surface area contributed by atoms with Crippen LogP contribution in [0, 0.1) is 11.8 Å². The number of nitrogens with one attached hydrogen (secondary N) is 1. The van der Waals surface area contributed by atoms with Crippen LogP contribution in [0.1, 0.15) is 52.4 Å². The first-order valence-corrected chi connectivity index (χ1v) is 9.39. The number of aromatic nitrogens is 1. The summed E-state index contributed by atoms with van der Waals surface area (Å²) in [7, 11) is 0. The largest absolute Gasteiger partial charge is 0.333 e. The van der Waals surface area contributed by atoms with E-state index in [0.29, 0.717) is 29.9 Å². The Kier molecular flexibility index (Phi) is 7.02. The van der Waals surface area contributed by atoms with Crippen molar-refractivity contribution in [2.45, 2.75) is 52.4 Å². The lowest BCUT2D eigenvalue weighted by Crippen LogP contribution is -2.40. The average Bonchev–Trinajstić information content (AvgIpc) is 3.16. The molecule has 1 aromatic rings. The molecule has 1 aliphatic carbocycles. The third kappa shape index (κ3) is 6.29. The molecule has 0 radical (unpaired) electrons. The number of carbonyl (C=O) groups excluding carboxylic acids is 2. The zero-order valence-corrected chi connectivity index (χ0v) is 14.9. The first-order chi connectivity index (χ1) is 11.0. The van der Waals surface area contributed by atoms with Crippen molar-refractivity contribution in [1.29, 1.82) is 0 Å². The number of thiazole rings is 1. The fraction of sp³-hybridized carbons (Fsp3) is 0.706. The molecule has 1 N–H and O–H groups in total. The molecule has 0 bridgehead atoms. The van der Waals surface area contributed by atoms with Crippen molar-refractivity contribution in [1.82, 2.24) is 9.88 Å². The van der Waals surface area contributed by atoms with Crippen molar-refractivity contribution in [3.8, 4) is 0 Å². The maximum Gasteiger partial charge on any atom is 0.245 e. The van der Waals surface area contributed by atoms with Gasteiger partial charge in [-0.25, -0.2) is 4.98 Å². The monoisotopic (exact) mass is 337 g/mol. The van der Waals surface area contributed by atoms with E-state index in [2.05, 4.69) is 24.1 Å². The van der Waals surface area contributed by atoms with Crippen molar-refractivity contribution in [2.24, 2.45) is 11.8 Å². The van der Waals surface area contributed by atoms with Gasteiger partial charge in [-0.05, 0) is 18.3 Å². The zero-order chi connectivity index (χ0) is 16.7. The lowest BCUT2D eigenvalue weighted by molar-refractivity contribution is -0.135. The van der Waals surface area contributed by atoms with Crippen LogP contribution in [0.5, 0.6) is 0 Å². The molecule has 1 fully saturated rings. The molecule has 1 aliphatic rings. The van der Waals surface area contributed by atoms with Crippen molar-refractivity contribution >= 4 is 28.3 Å². The summed E-state index contributed by atoms with van der Waals surface area (Å²) in [5.74, 6) is 0.969. The summed E-state index contributed by atoms with van der Waals surface area (Å²) in [6.45, 7) is 4.86. The van der Waals surface area contributed by atoms with E-state index in [1.165, 1.54) is 37.0 Å². The smallest absolute Gasteiger partial charge is 0.245 e. The highest BCUT2D eigenvalue weighted by atomic mass is 32.1. The standard InChI is InChI=1S/C17H27N3O2S/c1-13(2)11-20(12-15(21)19-17-18-9-10-23-17)16(22)8-7-14-5-3-4-6-14/h9-10,13-14H,3-8,11-12H2,1-2H3,(H,18,19,21). The van der Waals surface area contributed by atoms with Gasteiger partial charge in [-0.1, -0.05) is 39.5 Å². The van der Waals surface area contributed by atoms with Crippen LogP contribution in [0.25, 0.3) is 0 Å². The van der Waals surface area contributed by atoms with Crippen molar-refractivity contribution in [3.05, 3.63) is 11.6 Å². The van der Waals surface area contributed by atoms with Gasteiger partial charge in [0.15, 0.2) is 5.13 Å². The molecule has 0 unspecified atom stereocenters. The summed E-state index contributed by atoms with van der Waals surface area (Å²) >= 11 is 1.38. The van der Waals surface area contributed by atoms with E-state index in [1.807, 2.05) is 5.38 Å². The Hall–Kier alpha value is -1.43. The van der Waals surface area contributed by atoms with Gasteiger partial charge in [0.1, 0.15) is 0 Å². The minimum absolute atomic E-state index is 0.0971. The first kappa shape index (κ1) is 17.9. The summed E-state index contributed by atoms with van der Waals surface area (Å²) < 4.78 is 0. The Morgan fingerprint density at radius 3 is 2.74 bits per heavy atom. The lowest BCUT2D eigenvalue weighted by Gasteiger charge is -2.24. The number of carbonyl (C=O) groups is 2. The number of hydrogen-bond donors (Lipinski definition) is 1. The Balaban J connectivity index is 1.84. The number of amides is 2. The van der Waals surface area contributed by atoms with Gasteiger partial charge in [-0.15, -0.1) is 11.3 Å². The van der Waals surface area contributed by atoms with Crippen molar-refractivity contribution in [2.75, 3.05) is 18.4 Å². The minimum atomic E-state index is -0.171. The van der Waals surface area contributed by atoms with Crippen molar-refractivity contribution < 1.29 is 9.59 Å². The van der Waals surface area contributed by atoms with Crippen LogP contribution in [-0.2, 0) is 9.59 Å². The van der Waals surface area contributed by atoms with Gasteiger partial charge in [0.2, 0.25) is 11.8 Å². The predicted octanol–water partition coefficient (Wildman–Crippen LogP) is 3.54. The molecule has 2 amide bonds. The molecule has 23 heavy (non-hydrogen) atoms. The van der Waals surface area contributed by atoms with Gasteiger partial charge in [0.05, 0.1) is 6.54 Å². The summed E-state index contributed by atoms with van der Waals surface area (Å²) in [5.41, 5.74) is 0. The quantitative estimate of drug-likeness (QED) is 0.789. The Morgan fingerprint density at radius 1 is 1.39 bits per heavy atom. The van der Waals surface area contributed by atoms with Gasteiger partial charge in [0.25, 0.3) is 0 Å². The summed E-state index contributed by atoms with van der Waals surface area (Å²) in [6, 6.07) is 0. The molecule has 1 heterocycles. The first-order valence-electron chi connectivity index (χ1n) is 8.51. The van der Waals surface area contributed by atoms with E-state index >= 15 is 0 Å². The molecule has 1 aromatic heterocycles.